The Bertz CT molecular complexity index is 778. The zero-order valence-corrected chi connectivity index (χ0v) is 12.7. The first-order valence-electron chi connectivity index (χ1n) is 6.26. The van der Waals surface area contributed by atoms with Crippen molar-refractivity contribution in [2.24, 2.45) is 0 Å². The first-order chi connectivity index (χ1) is 9.70. The smallest absolute Gasteiger partial charge is 0.262 e. The van der Waals surface area contributed by atoms with Crippen molar-refractivity contribution in [3.63, 3.8) is 0 Å². The molecule has 2 aromatic rings. The number of sulfonamides is 1. The SMILES string of the molecule is Cc1ccc(F)c(NS(=O)(=O)c2c(C)cc(F)cc2C)c1. The molecule has 0 radical (unpaired) electrons. The first kappa shape index (κ1) is 15.4. The van der Waals surface area contributed by atoms with Crippen LogP contribution in [0.5, 0.6) is 0 Å². The number of nitrogens with one attached hydrogen (secondary N) is 1. The van der Waals surface area contributed by atoms with E-state index in [4.69, 9.17) is 0 Å². The molecule has 0 atom stereocenters. The fraction of sp³-hybridized carbons (Fsp3) is 0.200. The average Bonchev–Trinajstić information content (AvgIpc) is 2.31. The highest BCUT2D eigenvalue weighted by Crippen LogP contribution is 2.25. The summed E-state index contributed by atoms with van der Waals surface area (Å²) in [6.45, 7) is 4.72. The molecule has 0 amide bonds. The van der Waals surface area contributed by atoms with E-state index >= 15 is 0 Å². The predicted octanol–water partition coefficient (Wildman–Crippen LogP) is 3.69. The van der Waals surface area contributed by atoms with Gasteiger partial charge in [-0.3, -0.25) is 4.72 Å². The third-order valence-electron chi connectivity index (χ3n) is 3.06. The summed E-state index contributed by atoms with van der Waals surface area (Å²) in [7, 11) is -3.99. The third kappa shape index (κ3) is 3.21. The fourth-order valence-electron chi connectivity index (χ4n) is 2.23. The van der Waals surface area contributed by atoms with Crippen LogP contribution in [0.4, 0.5) is 14.5 Å². The minimum atomic E-state index is -3.99. The Kier molecular flexibility index (Phi) is 4.00. The Morgan fingerprint density at radius 3 is 2.10 bits per heavy atom. The molecule has 21 heavy (non-hydrogen) atoms. The van der Waals surface area contributed by atoms with Crippen LogP contribution in [0.25, 0.3) is 0 Å². The maximum Gasteiger partial charge on any atom is 0.262 e. The van der Waals surface area contributed by atoms with Crippen LogP contribution >= 0.6 is 0 Å². The lowest BCUT2D eigenvalue weighted by atomic mass is 10.1. The van der Waals surface area contributed by atoms with Gasteiger partial charge in [-0.25, -0.2) is 17.2 Å². The number of benzene rings is 2. The molecule has 0 fully saturated rings. The lowest BCUT2D eigenvalue weighted by molar-refractivity contribution is 0.595. The van der Waals surface area contributed by atoms with E-state index in [1.165, 1.54) is 26.0 Å². The Morgan fingerprint density at radius 2 is 1.52 bits per heavy atom. The van der Waals surface area contributed by atoms with Gasteiger partial charge in [-0.1, -0.05) is 6.07 Å². The van der Waals surface area contributed by atoms with Crippen molar-refractivity contribution < 1.29 is 17.2 Å². The highest BCUT2D eigenvalue weighted by Gasteiger charge is 2.21. The van der Waals surface area contributed by atoms with Crippen molar-refractivity contribution in [1.29, 1.82) is 0 Å². The van der Waals surface area contributed by atoms with E-state index in [0.717, 1.165) is 17.7 Å². The van der Waals surface area contributed by atoms with Crippen LogP contribution in [0, 0.1) is 32.4 Å². The second-order valence-corrected chi connectivity index (χ2v) is 6.58. The molecular formula is C15H15F2NO2S. The molecule has 0 saturated carbocycles. The number of hydrogen-bond acceptors (Lipinski definition) is 2. The lowest BCUT2D eigenvalue weighted by Gasteiger charge is -2.14. The zero-order valence-electron chi connectivity index (χ0n) is 11.9. The standard InChI is InChI=1S/C15H15F2NO2S/c1-9-4-5-13(17)14(6-9)18-21(19,20)15-10(2)7-12(16)8-11(15)3/h4-8,18H,1-3H3. The summed E-state index contributed by atoms with van der Waals surface area (Å²) < 4.78 is 54.0. The van der Waals surface area contributed by atoms with Crippen LogP contribution in [-0.4, -0.2) is 8.42 Å². The summed E-state index contributed by atoms with van der Waals surface area (Å²) >= 11 is 0. The van der Waals surface area contributed by atoms with Gasteiger partial charge in [-0.2, -0.15) is 0 Å². The van der Waals surface area contributed by atoms with Crippen molar-refractivity contribution in [2.75, 3.05) is 4.72 Å². The quantitative estimate of drug-likeness (QED) is 0.939. The van der Waals surface area contributed by atoms with Gasteiger partial charge in [0.25, 0.3) is 10.0 Å². The van der Waals surface area contributed by atoms with Crippen molar-refractivity contribution in [2.45, 2.75) is 25.7 Å². The molecule has 0 aliphatic heterocycles. The van der Waals surface area contributed by atoms with Crippen LogP contribution in [0.1, 0.15) is 16.7 Å². The molecule has 0 aliphatic carbocycles. The molecule has 0 unspecified atom stereocenters. The summed E-state index contributed by atoms with van der Waals surface area (Å²) in [5.41, 5.74) is 1.14. The van der Waals surface area contributed by atoms with E-state index in [2.05, 4.69) is 4.72 Å². The Labute approximate surface area is 122 Å². The molecule has 0 saturated heterocycles. The zero-order chi connectivity index (χ0) is 15.8. The van der Waals surface area contributed by atoms with E-state index in [1.807, 2.05) is 0 Å². The number of anilines is 1. The largest absolute Gasteiger partial charge is 0.277 e. The van der Waals surface area contributed by atoms with Crippen molar-refractivity contribution in [1.82, 2.24) is 0 Å². The van der Waals surface area contributed by atoms with Crippen LogP contribution in [0.3, 0.4) is 0 Å². The molecule has 0 aromatic heterocycles. The van der Waals surface area contributed by atoms with Gasteiger partial charge in [0, 0.05) is 0 Å². The van der Waals surface area contributed by atoms with Gasteiger partial charge in [0.15, 0.2) is 0 Å². The number of halogens is 2. The highest BCUT2D eigenvalue weighted by molar-refractivity contribution is 7.92. The molecule has 0 aliphatic rings. The second kappa shape index (κ2) is 5.44. The van der Waals surface area contributed by atoms with E-state index in [1.54, 1.807) is 13.0 Å². The third-order valence-corrected chi connectivity index (χ3v) is 4.73. The van der Waals surface area contributed by atoms with Crippen LogP contribution in [0.2, 0.25) is 0 Å². The van der Waals surface area contributed by atoms with Crippen LogP contribution in [0.15, 0.2) is 35.2 Å². The van der Waals surface area contributed by atoms with Crippen LogP contribution in [-0.2, 0) is 10.0 Å². The Balaban J connectivity index is 2.51. The summed E-state index contributed by atoms with van der Waals surface area (Å²) in [6.07, 6.45) is 0. The van der Waals surface area contributed by atoms with Crippen molar-refractivity contribution >= 4 is 15.7 Å². The first-order valence-corrected chi connectivity index (χ1v) is 7.75. The normalized spacial score (nSPS) is 11.5. The fourth-order valence-corrected chi connectivity index (χ4v) is 3.75. The molecule has 112 valence electrons. The van der Waals surface area contributed by atoms with Gasteiger partial charge < -0.3 is 0 Å². The minimum Gasteiger partial charge on any atom is -0.277 e. The lowest BCUT2D eigenvalue weighted by Crippen LogP contribution is -2.17. The summed E-state index contributed by atoms with van der Waals surface area (Å²) in [6, 6.07) is 6.41. The molecule has 0 spiro atoms. The molecule has 2 rings (SSSR count). The average molecular weight is 311 g/mol. The number of aryl methyl sites for hydroxylation is 3. The van der Waals surface area contributed by atoms with Crippen LogP contribution < -0.4 is 4.72 Å². The minimum absolute atomic E-state index is 0.0372. The summed E-state index contributed by atoms with van der Waals surface area (Å²) in [4.78, 5) is -0.0372. The number of hydrogen-bond donors (Lipinski definition) is 1. The van der Waals surface area contributed by atoms with E-state index in [0.29, 0.717) is 0 Å². The molecule has 3 nitrogen and oxygen atoms in total. The molecule has 6 heteroatoms. The summed E-state index contributed by atoms with van der Waals surface area (Å²) in [5.74, 6) is -1.17. The van der Waals surface area contributed by atoms with E-state index in [-0.39, 0.29) is 21.7 Å². The Morgan fingerprint density at radius 1 is 0.952 bits per heavy atom. The molecule has 1 N–H and O–H groups in total. The van der Waals surface area contributed by atoms with Gasteiger partial charge in [0.05, 0.1) is 10.6 Å². The Hall–Kier alpha value is -1.95. The topological polar surface area (TPSA) is 46.2 Å². The van der Waals surface area contributed by atoms with Gasteiger partial charge in [-0.05, 0) is 61.7 Å². The maximum absolute atomic E-state index is 13.7. The molecule has 0 bridgehead atoms. The monoisotopic (exact) mass is 311 g/mol. The van der Waals surface area contributed by atoms with Gasteiger partial charge in [-0.15, -0.1) is 0 Å². The van der Waals surface area contributed by atoms with Crippen molar-refractivity contribution in [3.8, 4) is 0 Å². The molecule has 0 heterocycles. The number of rotatable bonds is 3. The van der Waals surface area contributed by atoms with Crippen molar-refractivity contribution in [3.05, 3.63) is 58.7 Å². The van der Waals surface area contributed by atoms with Gasteiger partial charge >= 0.3 is 0 Å². The van der Waals surface area contributed by atoms with Gasteiger partial charge in [0.1, 0.15) is 11.6 Å². The second-order valence-electron chi connectivity index (χ2n) is 4.96. The molecular weight excluding hydrogens is 296 g/mol. The predicted molar refractivity (Wildman–Crippen MR) is 77.8 cm³/mol. The van der Waals surface area contributed by atoms with Gasteiger partial charge in [0.2, 0.25) is 0 Å². The maximum atomic E-state index is 13.7. The van der Waals surface area contributed by atoms with E-state index in [9.17, 15) is 17.2 Å². The van der Waals surface area contributed by atoms with E-state index < -0.39 is 21.7 Å². The highest BCUT2D eigenvalue weighted by atomic mass is 32.2. The molecule has 2 aromatic carbocycles. The summed E-state index contributed by atoms with van der Waals surface area (Å²) in [5, 5.41) is 0.